The molecule has 1 aromatic rings. The van der Waals surface area contributed by atoms with Gasteiger partial charge in [-0.25, -0.2) is 0 Å². The third-order valence-corrected chi connectivity index (χ3v) is 2.62. The van der Waals surface area contributed by atoms with E-state index in [9.17, 15) is 4.79 Å². The molecule has 0 heterocycles. The molecular weight excluding hydrogens is 186 g/mol. The molecule has 0 spiro atoms. The van der Waals surface area contributed by atoms with Crippen molar-refractivity contribution in [1.29, 1.82) is 0 Å². The van der Waals surface area contributed by atoms with Crippen LogP contribution in [0.2, 0.25) is 0 Å². The van der Waals surface area contributed by atoms with Crippen molar-refractivity contribution in [1.82, 2.24) is 0 Å². The second-order valence-corrected chi connectivity index (χ2v) is 4.38. The van der Waals surface area contributed by atoms with Crippen LogP contribution >= 0.6 is 0 Å². The molecule has 0 amide bonds. The first kappa shape index (κ1) is 11.8. The van der Waals surface area contributed by atoms with Gasteiger partial charge in [0.1, 0.15) is 0 Å². The molecule has 0 saturated carbocycles. The summed E-state index contributed by atoms with van der Waals surface area (Å²) in [7, 11) is 0. The molecule has 0 unspecified atom stereocenters. The molecule has 0 saturated heterocycles. The highest BCUT2D eigenvalue weighted by molar-refractivity contribution is 5.98. The average molecular weight is 205 g/mol. The molecule has 1 rings (SSSR count). The van der Waals surface area contributed by atoms with E-state index in [1.165, 1.54) is 0 Å². The Morgan fingerprint density at radius 1 is 1.40 bits per heavy atom. The van der Waals surface area contributed by atoms with Crippen LogP contribution in [0.25, 0.3) is 0 Å². The summed E-state index contributed by atoms with van der Waals surface area (Å²) in [5.74, 6) is 0.767. The molecule has 2 nitrogen and oxygen atoms in total. The van der Waals surface area contributed by atoms with Crippen LogP contribution in [0, 0.1) is 12.8 Å². The van der Waals surface area contributed by atoms with Crippen LogP contribution in [-0.4, -0.2) is 5.78 Å². The quantitative estimate of drug-likeness (QED) is 0.606. The van der Waals surface area contributed by atoms with E-state index in [4.69, 9.17) is 5.73 Å². The number of ketones is 1. The lowest BCUT2D eigenvalue weighted by Gasteiger charge is -2.08. The highest BCUT2D eigenvalue weighted by atomic mass is 16.1. The Kier molecular flexibility index (Phi) is 3.89. The Morgan fingerprint density at radius 3 is 2.67 bits per heavy atom. The number of carbonyl (C=O) groups is 1. The van der Waals surface area contributed by atoms with Gasteiger partial charge in [0, 0.05) is 17.7 Å². The molecule has 0 bridgehead atoms. The van der Waals surface area contributed by atoms with Gasteiger partial charge >= 0.3 is 0 Å². The van der Waals surface area contributed by atoms with Crippen molar-refractivity contribution in [3.63, 3.8) is 0 Å². The zero-order valence-corrected chi connectivity index (χ0v) is 9.71. The van der Waals surface area contributed by atoms with Crippen molar-refractivity contribution < 1.29 is 4.79 Å². The molecular formula is C13H19NO. The smallest absolute Gasteiger partial charge is 0.163 e. The van der Waals surface area contributed by atoms with Gasteiger partial charge in [-0.3, -0.25) is 4.79 Å². The molecule has 2 heteroatoms. The third kappa shape index (κ3) is 3.08. The third-order valence-electron chi connectivity index (χ3n) is 2.62. The van der Waals surface area contributed by atoms with E-state index in [0.717, 1.165) is 17.5 Å². The summed E-state index contributed by atoms with van der Waals surface area (Å²) in [6.07, 6.45) is 1.55. The zero-order chi connectivity index (χ0) is 11.4. The minimum Gasteiger partial charge on any atom is -0.398 e. The van der Waals surface area contributed by atoms with E-state index < -0.39 is 0 Å². The summed E-state index contributed by atoms with van der Waals surface area (Å²) in [6, 6.07) is 5.52. The number of Topliss-reactive ketones (excluding diaryl/α,β-unsaturated/α-hetero) is 1. The van der Waals surface area contributed by atoms with Crippen LogP contribution in [0.15, 0.2) is 18.2 Å². The average Bonchev–Trinajstić information content (AvgIpc) is 2.18. The van der Waals surface area contributed by atoms with Crippen LogP contribution in [-0.2, 0) is 0 Å². The van der Waals surface area contributed by atoms with E-state index in [1.54, 1.807) is 0 Å². The Hall–Kier alpha value is -1.31. The molecule has 0 aliphatic carbocycles. The molecule has 15 heavy (non-hydrogen) atoms. The van der Waals surface area contributed by atoms with E-state index >= 15 is 0 Å². The number of hydrogen-bond acceptors (Lipinski definition) is 2. The molecule has 0 aliphatic heterocycles. The van der Waals surface area contributed by atoms with Gasteiger partial charge < -0.3 is 5.73 Å². The minimum atomic E-state index is 0.202. The number of nitrogen functional groups attached to an aromatic ring is 1. The van der Waals surface area contributed by atoms with Gasteiger partial charge in [-0.15, -0.1) is 0 Å². The highest BCUT2D eigenvalue weighted by Crippen LogP contribution is 2.18. The molecule has 0 fully saturated rings. The largest absolute Gasteiger partial charge is 0.398 e. The van der Waals surface area contributed by atoms with Gasteiger partial charge in [-0.1, -0.05) is 26.0 Å². The van der Waals surface area contributed by atoms with E-state index in [2.05, 4.69) is 13.8 Å². The Morgan fingerprint density at radius 2 is 2.07 bits per heavy atom. The monoisotopic (exact) mass is 205 g/mol. The summed E-state index contributed by atoms with van der Waals surface area (Å²) in [5.41, 5.74) is 8.14. The lowest BCUT2D eigenvalue weighted by atomic mass is 9.97. The van der Waals surface area contributed by atoms with Crippen LogP contribution in [0.3, 0.4) is 0 Å². The number of rotatable bonds is 4. The summed E-state index contributed by atoms with van der Waals surface area (Å²) >= 11 is 0. The first-order valence-corrected chi connectivity index (χ1v) is 5.40. The standard InChI is InChI=1S/C13H19NO/c1-9(2)7-8-13(15)11-5-4-6-12(14)10(11)3/h4-6,9H,7-8,14H2,1-3H3. The molecule has 0 atom stereocenters. The number of benzene rings is 1. The molecule has 2 N–H and O–H groups in total. The summed E-state index contributed by atoms with van der Waals surface area (Å²) in [6.45, 7) is 6.15. The number of anilines is 1. The maximum absolute atomic E-state index is 11.9. The first-order chi connectivity index (χ1) is 7.02. The maximum Gasteiger partial charge on any atom is 0.163 e. The predicted molar refractivity (Wildman–Crippen MR) is 64.0 cm³/mol. The van der Waals surface area contributed by atoms with Gasteiger partial charge in [-0.05, 0) is 30.9 Å². The maximum atomic E-state index is 11.9. The van der Waals surface area contributed by atoms with Gasteiger partial charge in [0.25, 0.3) is 0 Å². The second kappa shape index (κ2) is 4.96. The number of nitrogens with two attached hydrogens (primary N) is 1. The van der Waals surface area contributed by atoms with Crippen LogP contribution in [0.1, 0.15) is 42.6 Å². The Labute approximate surface area is 91.5 Å². The lowest BCUT2D eigenvalue weighted by Crippen LogP contribution is -2.05. The Bertz CT molecular complexity index is 356. The molecule has 0 aliphatic rings. The first-order valence-electron chi connectivity index (χ1n) is 5.40. The van der Waals surface area contributed by atoms with E-state index in [0.29, 0.717) is 18.0 Å². The minimum absolute atomic E-state index is 0.202. The molecule has 0 aromatic heterocycles. The van der Waals surface area contributed by atoms with Crippen LogP contribution in [0.5, 0.6) is 0 Å². The normalized spacial score (nSPS) is 10.7. The summed E-state index contributed by atoms with van der Waals surface area (Å²) < 4.78 is 0. The van der Waals surface area contributed by atoms with Crippen LogP contribution in [0.4, 0.5) is 5.69 Å². The number of carbonyl (C=O) groups excluding carboxylic acids is 1. The number of hydrogen-bond donors (Lipinski definition) is 1. The van der Waals surface area contributed by atoms with Crippen molar-refractivity contribution in [2.75, 3.05) is 5.73 Å². The van der Waals surface area contributed by atoms with Crippen molar-refractivity contribution in [2.45, 2.75) is 33.6 Å². The Balaban J connectivity index is 2.78. The highest BCUT2D eigenvalue weighted by Gasteiger charge is 2.10. The summed E-state index contributed by atoms with van der Waals surface area (Å²) in [5, 5.41) is 0. The lowest BCUT2D eigenvalue weighted by molar-refractivity contribution is 0.0975. The molecule has 0 radical (unpaired) electrons. The topological polar surface area (TPSA) is 43.1 Å². The summed E-state index contributed by atoms with van der Waals surface area (Å²) in [4.78, 5) is 11.9. The van der Waals surface area contributed by atoms with Crippen molar-refractivity contribution >= 4 is 11.5 Å². The second-order valence-electron chi connectivity index (χ2n) is 4.38. The van der Waals surface area contributed by atoms with Gasteiger partial charge in [0.2, 0.25) is 0 Å². The SMILES string of the molecule is Cc1c(N)cccc1C(=O)CCC(C)C. The van der Waals surface area contributed by atoms with Crippen LogP contribution < -0.4 is 5.73 Å². The van der Waals surface area contributed by atoms with Crippen molar-refractivity contribution in [2.24, 2.45) is 5.92 Å². The van der Waals surface area contributed by atoms with E-state index in [1.807, 2.05) is 25.1 Å². The van der Waals surface area contributed by atoms with Gasteiger partial charge in [0.15, 0.2) is 5.78 Å². The fourth-order valence-electron chi connectivity index (χ4n) is 1.51. The molecule has 82 valence electrons. The zero-order valence-electron chi connectivity index (χ0n) is 9.71. The van der Waals surface area contributed by atoms with Crippen molar-refractivity contribution in [3.8, 4) is 0 Å². The van der Waals surface area contributed by atoms with E-state index in [-0.39, 0.29) is 5.78 Å². The van der Waals surface area contributed by atoms with Gasteiger partial charge in [-0.2, -0.15) is 0 Å². The fourth-order valence-corrected chi connectivity index (χ4v) is 1.51. The molecule has 1 aromatic carbocycles. The predicted octanol–water partition coefficient (Wildman–Crippen LogP) is 3.20. The fraction of sp³-hybridized carbons (Fsp3) is 0.462. The van der Waals surface area contributed by atoms with Crippen molar-refractivity contribution in [3.05, 3.63) is 29.3 Å². The van der Waals surface area contributed by atoms with Gasteiger partial charge in [0.05, 0.1) is 0 Å².